The summed E-state index contributed by atoms with van der Waals surface area (Å²) >= 11 is 0. The van der Waals surface area contributed by atoms with Crippen LogP contribution in [-0.4, -0.2) is 7.11 Å². The predicted molar refractivity (Wildman–Crippen MR) is 54.1 cm³/mol. The Labute approximate surface area is 79.7 Å². The quantitative estimate of drug-likeness (QED) is 0.687. The lowest BCUT2D eigenvalue weighted by Crippen LogP contribution is -1.86. The highest BCUT2D eigenvalue weighted by Gasteiger charge is 2.36. The number of hydrogen-bond acceptors (Lipinski definition) is 1. The molecule has 2 atom stereocenters. The molecule has 1 saturated carbocycles. The van der Waals surface area contributed by atoms with Gasteiger partial charge in [-0.1, -0.05) is 25.5 Å². The minimum Gasteiger partial charge on any atom is -0.497 e. The summed E-state index contributed by atoms with van der Waals surface area (Å²) in [5.74, 6) is 2.71. The lowest BCUT2D eigenvalue weighted by molar-refractivity contribution is 0.414. The van der Waals surface area contributed by atoms with Gasteiger partial charge in [-0.25, -0.2) is 0 Å². The van der Waals surface area contributed by atoms with Crippen LogP contribution in [0.1, 0.15) is 31.2 Å². The molecule has 70 valence electrons. The first-order valence-corrected chi connectivity index (χ1v) is 4.99. The van der Waals surface area contributed by atoms with Gasteiger partial charge in [0.15, 0.2) is 0 Å². The standard InChI is InChI=1S/C12H16O/c1-3-9-8-12(9)10-5-4-6-11(7-10)13-2/h4-7,9,12H,3,8H2,1-2H3. The van der Waals surface area contributed by atoms with Crippen molar-refractivity contribution in [2.45, 2.75) is 25.7 Å². The molecule has 0 aromatic heterocycles. The molecule has 2 rings (SSSR count). The lowest BCUT2D eigenvalue weighted by atomic mass is 10.1. The fourth-order valence-electron chi connectivity index (χ4n) is 1.98. The zero-order chi connectivity index (χ0) is 9.26. The largest absolute Gasteiger partial charge is 0.497 e. The van der Waals surface area contributed by atoms with Crippen LogP contribution in [0.25, 0.3) is 0 Å². The first kappa shape index (κ1) is 8.61. The van der Waals surface area contributed by atoms with Crippen molar-refractivity contribution < 1.29 is 4.74 Å². The van der Waals surface area contributed by atoms with Crippen molar-refractivity contribution in [3.05, 3.63) is 29.8 Å². The maximum atomic E-state index is 5.20. The van der Waals surface area contributed by atoms with Crippen molar-refractivity contribution in [2.75, 3.05) is 7.11 Å². The molecule has 0 saturated heterocycles. The van der Waals surface area contributed by atoms with Crippen LogP contribution >= 0.6 is 0 Å². The Morgan fingerprint density at radius 2 is 2.31 bits per heavy atom. The zero-order valence-electron chi connectivity index (χ0n) is 8.29. The molecule has 0 amide bonds. The molecule has 1 aromatic rings. The smallest absolute Gasteiger partial charge is 0.119 e. The van der Waals surface area contributed by atoms with E-state index in [0.717, 1.165) is 17.6 Å². The number of ether oxygens (including phenoxy) is 1. The number of methoxy groups -OCH3 is 1. The summed E-state index contributed by atoms with van der Waals surface area (Å²) in [7, 11) is 1.73. The molecular weight excluding hydrogens is 160 g/mol. The Kier molecular flexibility index (Phi) is 2.26. The molecule has 1 nitrogen and oxygen atoms in total. The van der Waals surface area contributed by atoms with Crippen molar-refractivity contribution in [3.63, 3.8) is 0 Å². The molecule has 0 spiro atoms. The third-order valence-electron chi connectivity index (χ3n) is 2.97. The van der Waals surface area contributed by atoms with Gasteiger partial charge in [0.2, 0.25) is 0 Å². The second kappa shape index (κ2) is 3.41. The topological polar surface area (TPSA) is 9.23 Å². The van der Waals surface area contributed by atoms with Crippen LogP contribution in [0, 0.1) is 5.92 Å². The second-order valence-electron chi connectivity index (χ2n) is 3.79. The Hall–Kier alpha value is -0.980. The maximum Gasteiger partial charge on any atom is 0.119 e. The van der Waals surface area contributed by atoms with Crippen LogP contribution in [0.4, 0.5) is 0 Å². The van der Waals surface area contributed by atoms with Gasteiger partial charge in [-0.15, -0.1) is 0 Å². The van der Waals surface area contributed by atoms with E-state index in [1.807, 2.05) is 6.07 Å². The Balaban J connectivity index is 2.13. The van der Waals surface area contributed by atoms with Gasteiger partial charge in [0.05, 0.1) is 7.11 Å². The zero-order valence-corrected chi connectivity index (χ0v) is 8.29. The van der Waals surface area contributed by atoms with E-state index in [-0.39, 0.29) is 0 Å². The molecule has 1 aliphatic carbocycles. The first-order chi connectivity index (χ1) is 6.35. The van der Waals surface area contributed by atoms with Gasteiger partial charge in [0.25, 0.3) is 0 Å². The summed E-state index contributed by atoms with van der Waals surface area (Å²) in [5.41, 5.74) is 1.45. The summed E-state index contributed by atoms with van der Waals surface area (Å²) in [6.45, 7) is 2.27. The van der Waals surface area contributed by atoms with Crippen molar-refractivity contribution in [3.8, 4) is 5.75 Å². The van der Waals surface area contributed by atoms with Crippen LogP contribution < -0.4 is 4.74 Å². The van der Waals surface area contributed by atoms with Gasteiger partial charge >= 0.3 is 0 Å². The van der Waals surface area contributed by atoms with E-state index < -0.39 is 0 Å². The minimum absolute atomic E-state index is 0.806. The highest BCUT2D eigenvalue weighted by atomic mass is 16.5. The average Bonchev–Trinajstić information content (AvgIpc) is 2.97. The molecule has 0 radical (unpaired) electrons. The molecule has 1 heteroatoms. The van der Waals surface area contributed by atoms with Crippen LogP contribution in [0.3, 0.4) is 0 Å². The molecule has 1 fully saturated rings. The fourth-order valence-corrected chi connectivity index (χ4v) is 1.98. The third kappa shape index (κ3) is 1.69. The first-order valence-electron chi connectivity index (χ1n) is 4.99. The summed E-state index contributed by atoms with van der Waals surface area (Å²) in [5, 5.41) is 0. The molecule has 0 bridgehead atoms. The van der Waals surface area contributed by atoms with E-state index in [2.05, 4.69) is 25.1 Å². The van der Waals surface area contributed by atoms with Gasteiger partial charge in [-0.05, 0) is 36.0 Å². The Morgan fingerprint density at radius 3 is 2.92 bits per heavy atom. The third-order valence-corrected chi connectivity index (χ3v) is 2.97. The summed E-state index contributed by atoms with van der Waals surface area (Å²) in [4.78, 5) is 0. The monoisotopic (exact) mass is 176 g/mol. The van der Waals surface area contributed by atoms with Crippen molar-refractivity contribution in [1.29, 1.82) is 0 Å². The van der Waals surface area contributed by atoms with E-state index in [1.165, 1.54) is 18.4 Å². The van der Waals surface area contributed by atoms with E-state index >= 15 is 0 Å². The Morgan fingerprint density at radius 1 is 1.46 bits per heavy atom. The normalized spacial score (nSPS) is 25.7. The second-order valence-corrected chi connectivity index (χ2v) is 3.79. The molecule has 0 heterocycles. The van der Waals surface area contributed by atoms with Crippen LogP contribution in [-0.2, 0) is 0 Å². The Bertz CT molecular complexity index is 293. The average molecular weight is 176 g/mol. The van der Waals surface area contributed by atoms with Gasteiger partial charge in [-0.3, -0.25) is 0 Å². The van der Waals surface area contributed by atoms with E-state index in [1.54, 1.807) is 7.11 Å². The van der Waals surface area contributed by atoms with E-state index in [0.29, 0.717) is 0 Å². The maximum absolute atomic E-state index is 5.20. The van der Waals surface area contributed by atoms with Crippen molar-refractivity contribution in [2.24, 2.45) is 5.92 Å². The number of hydrogen-bond donors (Lipinski definition) is 0. The molecule has 0 aliphatic heterocycles. The van der Waals surface area contributed by atoms with E-state index in [9.17, 15) is 0 Å². The fraction of sp³-hybridized carbons (Fsp3) is 0.500. The summed E-state index contributed by atoms with van der Waals surface area (Å²) in [6, 6.07) is 8.47. The van der Waals surface area contributed by atoms with Crippen molar-refractivity contribution in [1.82, 2.24) is 0 Å². The number of benzene rings is 1. The molecule has 0 N–H and O–H groups in total. The molecule has 2 unspecified atom stereocenters. The van der Waals surface area contributed by atoms with Gasteiger partial charge in [-0.2, -0.15) is 0 Å². The van der Waals surface area contributed by atoms with Gasteiger partial charge < -0.3 is 4.74 Å². The van der Waals surface area contributed by atoms with Gasteiger partial charge in [0, 0.05) is 0 Å². The number of rotatable bonds is 3. The van der Waals surface area contributed by atoms with Crippen LogP contribution in [0.2, 0.25) is 0 Å². The molecule has 1 aliphatic rings. The van der Waals surface area contributed by atoms with Crippen molar-refractivity contribution >= 4 is 0 Å². The van der Waals surface area contributed by atoms with E-state index in [4.69, 9.17) is 4.74 Å². The summed E-state index contributed by atoms with van der Waals surface area (Å²) < 4.78 is 5.20. The minimum atomic E-state index is 0.806. The molecule has 1 aromatic carbocycles. The summed E-state index contributed by atoms with van der Waals surface area (Å²) in [6.07, 6.45) is 2.67. The molecular formula is C12H16O. The van der Waals surface area contributed by atoms with Gasteiger partial charge in [0.1, 0.15) is 5.75 Å². The van der Waals surface area contributed by atoms with Crippen LogP contribution in [0.15, 0.2) is 24.3 Å². The lowest BCUT2D eigenvalue weighted by Gasteiger charge is -2.02. The predicted octanol–water partition coefficient (Wildman–Crippen LogP) is 3.21. The SMILES string of the molecule is CCC1CC1c1cccc(OC)c1. The molecule has 13 heavy (non-hydrogen) atoms. The van der Waals surface area contributed by atoms with Crippen LogP contribution in [0.5, 0.6) is 5.75 Å². The highest BCUT2D eigenvalue weighted by molar-refractivity contribution is 5.33. The highest BCUT2D eigenvalue weighted by Crippen LogP contribution is 2.49.